The number of hydrogen-bond donors (Lipinski definition) is 0. The Morgan fingerprint density at radius 1 is 0.481 bits per heavy atom. The molecule has 2 aromatic rings. The third-order valence-electron chi connectivity index (χ3n) is 3.17. The van der Waals surface area contributed by atoms with Crippen LogP contribution in [0.2, 0.25) is 5.28 Å². The summed E-state index contributed by atoms with van der Waals surface area (Å²) in [6.45, 7) is 0. The first-order valence-corrected chi connectivity index (χ1v) is 8.30. The Kier molecular flexibility index (Phi) is 6.16. The van der Waals surface area contributed by atoms with Crippen LogP contribution in [-0.4, -0.2) is 22.6 Å². The van der Waals surface area contributed by atoms with Gasteiger partial charge in [-0.25, -0.2) is 26.3 Å². The molecule has 0 aliphatic heterocycles. The summed E-state index contributed by atoms with van der Waals surface area (Å²) in [6, 6.07) is 0. The summed E-state index contributed by atoms with van der Waals surface area (Å²) in [5.41, 5.74) is 0. The number of halogens is 10. The maximum Gasteiger partial charge on any atom is 0.229 e. The Morgan fingerprint density at radius 2 is 0.704 bits per heavy atom. The van der Waals surface area contributed by atoms with Crippen LogP contribution >= 0.6 is 0 Å². The highest BCUT2D eigenvalue weighted by Gasteiger charge is 2.32. The van der Waals surface area contributed by atoms with E-state index in [-0.39, 0.29) is 16.3 Å². The van der Waals surface area contributed by atoms with E-state index >= 15 is 0 Å². The molecule has 2 nitrogen and oxygen atoms in total. The van der Waals surface area contributed by atoms with Gasteiger partial charge in [0.1, 0.15) is 0 Å². The van der Waals surface area contributed by atoms with Gasteiger partial charge in [0.15, 0.2) is 0 Å². The predicted molar refractivity (Wildman–Crippen MR) is 70.9 cm³/mol. The van der Waals surface area contributed by atoms with Gasteiger partial charge in [0, 0.05) is 0 Å². The molecule has 146 valence electrons. The quantitative estimate of drug-likeness (QED) is 0.239. The van der Waals surface area contributed by atoms with Crippen LogP contribution in [0.4, 0.5) is 43.9 Å². The van der Waals surface area contributed by atoms with Crippen LogP contribution in [0.3, 0.4) is 0 Å². The zero-order valence-corrected chi connectivity index (χ0v) is 14.9. The second kappa shape index (κ2) is 7.86. The van der Waals surface area contributed by atoms with Crippen molar-refractivity contribution in [2.45, 2.75) is 11.6 Å². The molecule has 2 aromatic carbocycles. The topological polar surface area (TPSA) is 18.5 Å². The van der Waals surface area contributed by atoms with Gasteiger partial charge in [-0.15, -0.1) is 0 Å². The molecule has 0 amide bonds. The van der Waals surface area contributed by atoms with Gasteiger partial charge in [0.25, 0.3) is 0 Å². The van der Waals surface area contributed by atoms with E-state index < -0.39 is 81.2 Å². The third-order valence-corrected chi connectivity index (χ3v) is 3.84. The second-order valence-corrected chi connectivity index (χ2v) is 5.69. The van der Waals surface area contributed by atoms with Crippen LogP contribution in [0.5, 0.6) is 11.5 Å². The highest BCUT2D eigenvalue weighted by atomic mass is 27.0. The minimum Gasteiger partial charge on any atom is -0.450 e. The zero-order valence-electron chi connectivity index (χ0n) is 12.9. The first-order valence-electron chi connectivity index (χ1n) is 6.88. The lowest BCUT2D eigenvalue weighted by Crippen LogP contribution is -2.26. The van der Waals surface area contributed by atoms with Gasteiger partial charge < -0.3 is 9.47 Å². The maximum absolute atomic E-state index is 13.6. The van der Waals surface area contributed by atoms with Crippen molar-refractivity contribution in [2.24, 2.45) is 0 Å². The van der Waals surface area contributed by atoms with Crippen molar-refractivity contribution >= 4 is 16.3 Å². The Bertz CT molecular complexity index is 775. The molecule has 0 bridgehead atoms. The van der Waals surface area contributed by atoms with E-state index in [1.807, 2.05) is 0 Å². The zero-order chi connectivity index (χ0) is 20.6. The maximum atomic E-state index is 13.6. The fraction of sp³-hybridized carbons (Fsp3) is 0.143. The van der Waals surface area contributed by atoms with E-state index in [1.165, 1.54) is 0 Å². The predicted octanol–water partition coefficient (Wildman–Crippen LogP) is 3.91. The Balaban J connectivity index is 2.45. The summed E-state index contributed by atoms with van der Waals surface area (Å²) in [5.74, 6) is -27.8. The molecule has 0 saturated heterocycles. The van der Waals surface area contributed by atoms with E-state index in [9.17, 15) is 43.9 Å². The normalized spacial score (nSPS) is 11.2. The monoisotopic (exact) mass is 422 g/mol. The van der Waals surface area contributed by atoms with Crippen molar-refractivity contribution in [2.75, 3.05) is 0 Å². The summed E-state index contributed by atoms with van der Waals surface area (Å²) in [5, 5.41) is -0.418. The number of hydrogen-bond acceptors (Lipinski definition) is 2. The molecule has 0 saturated carbocycles. The molecule has 13 heteroatoms. The molecule has 27 heavy (non-hydrogen) atoms. The molecule has 0 atom stereocenters. The van der Waals surface area contributed by atoms with Crippen LogP contribution in [0.25, 0.3) is 0 Å². The smallest absolute Gasteiger partial charge is 0.229 e. The van der Waals surface area contributed by atoms with E-state index in [1.54, 1.807) is 0 Å². The number of benzene rings is 2. The van der Waals surface area contributed by atoms with Crippen LogP contribution in [-0.2, 0) is 0 Å². The third kappa shape index (κ3) is 3.66. The summed E-state index contributed by atoms with van der Waals surface area (Å²) in [4.78, 5) is 0. The van der Waals surface area contributed by atoms with Crippen LogP contribution < -0.4 is 9.47 Å². The fourth-order valence-corrected chi connectivity index (χ4v) is 2.16. The van der Waals surface area contributed by atoms with Crippen LogP contribution in [0, 0.1) is 58.2 Å². The van der Waals surface area contributed by atoms with E-state index in [0.29, 0.717) is 0 Å². The van der Waals surface area contributed by atoms with E-state index in [0.717, 1.165) is 0 Å². The van der Waals surface area contributed by atoms with Gasteiger partial charge >= 0.3 is 0 Å². The lowest BCUT2D eigenvalue weighted by Gasteiger charge is -2.21. The average molecular weight is 422 g/mol. The molecule has 0 fully saturated rings. The first kappa shape index (κ1) is 21.2. The van der Waals surface area contributed by atoms with Gasteiger partial charge in [0.2, 0.25) is 92.3 Å². The lowest BCUT2D eigenvalue weighted by molar-refractivity contribution is 0.00769. The molecule has 0 aromatic heterocycles. The minimum atomic E-state index is -2.49. The molecule has 0 N–H and O–H groups in total. The Hall–Kier alpha value is -2.13. The van der Waals surface area contributed by atoms with Gasteiger partial charge in [-0.05, 0) is 5.28 Å². The molecule has 2 rings (SSSR count). The van der Waals surface area contributed by atoms with E-state index in [2.05, 4.69) is 9.47 Å². The molecular formula is C14H5AlF10O2. The van der Waals surface area contributed by atoms with Gasteiger partial charge in [-0.2, -0.15) is 17.6 Å². The number of rotatable bonds is 5. The van der Waals surface area contributed by atoms with Gasteiger partial charge in [0.05, 0.1) is 0 Å². The average Bonchev–Trinajstić information content (AvgIpc) is 2.66. The molecule has 0 aliphatic carbocycles. The summed E-state index contributed by atoms with van der Waals surface area (Å²) < 4.78 is 142. The van der Waals surface area contributed by atoms with Crippen molar-refractivity contribution in [3.05, 3.63) is 58.2 Å². The van der Waals surface area contributed by atoms with Crippen molar-refractivity contribution < 1.29 is 53.4 Å². The van der Waals surface area contributed by atoms with E-state index in [4.69, 9.17) is 0 Å². The summed E-state index contributed by atoms with van der Waals surface area (Å²) in [7, 11) is 0. The fourth-order valence-electron chi connectivity index (χ4n) is 1.83. The summed E-state index contributed by atoms with van der Waals surface area (Å²) in [6.07, 6.45) is -2.11. The summed E-state index contributed by atoms with van der Waals surface area (Å²) >= 11 is 0.0117. The largest absolute Gasteiger partial charge is 0.450 e. The molecular weight excluding hydrogens is 417 g/mol. The molecule has 0 spiro atoms. The SMILES string of the molecule is Fc1c(F)c(F)c(OC([CH2][AlH2])Oc2c(F)c(F)c(F)c(F)c2F)c(F)c1F. The number of ether oxygens (including phenoxy) is 2. The molecule has 0 unspecified atom stereocenters. The van der Waals surface area contributed by atoms with Crippen LogP contribution in [0.15, 0.2) is 0 Å². The van der Waals surface area contributed by atoms with Crippen molar-refractivity contribution in [3.8, 4) is 11.5 Å². The van der Waals surface area contributed by atoms with Crippen molar-refractivity contribution in [3.63, 3.8) is 0 Å². The highest BCUT2D eigenvalue weighted by molar-refractivity contribution is 6.08. The lowest BCUT2D eigenvalue weighted by atomic mass is 10.2. The van der Waals surface area contributed by atoms with Crippen LogP contribution in [0.1, 0.15) is 0 Å². The second-order valence-electron chi connectivity index (χ2n) is 4.87. The van der Waals surface area contributed by atoms with Gasteiger partial charge in [-0.3, -0.25) is 0 Å². The highest BCUT2D eigenvalue weighted by Crippen LogP contribution is 2.33. The van der Waals surface area contributed by atoms with Crippen molar-refractivity contribution in [1.29, 1.82) is 0 Å². The van der Waals surface area contributed by atoms with Gasteiger partial charge in [-0.1, -0.05) is 0 Å². The first-order chi connectivity index (χ1) is 12.5. The molecule has 0 radical (unpaired) electrons. The Labute approximate surface area is 151 Å². The molecule has 0 aliphatic rings. The van der Waals surface area contributed by atoms with Crippen molar-refractivity contribution in [1.82, 2.24) is 0 Å². The minimum absolute atomic E-state index is 0.0117. The Morgan fingerprint density at radius 3 is 0.926 bits per heavy atom. The standard InChI is InChI=1S/C14H3F10O2.Al.2H/c1-2(25-13-9(21)5(17)3(15)6(18)10(13)22)26-14-11(23)7(19)4(16)8(20)12(14)24;;;/h2H,1H2;;;. The molecule has 0 heterocycles.